The van der Waals surface area contributed by atoms with Crippen molar-refractivity contribution in [2.45, 2.75) is 6.61 Å². The largest absolute Gasteiger partial charge is 0.392 e. The van der Waals surface area contributed by atoms with Crippen LogP contribution in [0.25, 0.3) is 11.4 Å². The van der Waals surface area contributed by atoms with Gasteiger partial charge in [0.05, 0.1) is 32.1 Å². The number of amides is 1. The predicted octanol–water partition coefficient (Wildman–Crippen LogP) is 1.29. The summed E-state index contributed by atoms with van der Waals surface area (Å²) in [6, 6.07) is 7.50. The summed E-state index contributed by atoms with van der Waals surface area (Å²) in [5.41, 5.74) is 3.78. The maximum Gasteiger partial charge on any atom is 0.277 e. The van der Waals surface area contributed by atoms with Gasteiger partial charge in [-0.15, -0.1) is 0 Å². The molecular weight excluding hydrogens is 502 g/mol. The number of ether oxygens (including phenoxy) is 1. The van der Waals surface area contributed by atoms with E-state index < -0.39 is 5.91 Å². The third kappa shape index (κ3) is 7.97. The Morgan fingerprint density at radius 2 is 2.00 bits per heavy atom. The van der Waals surface area contributed by atoms with E-state index in [1.165, 1.54) is 12.4 Å². The van der Waals surface area contributed by atoms with E-state index in [4.69, 9.17) is 19.9 Å². The topological polar surface area (TPSA) is 151 Å². The van der Waals surface area contributed by atoms with Gasteiger partial charge in [-0.2, -0.15) is 0 Å². The molecule has 3 rings (SSSR count). The Labute approximate surface area is 227 Å². The Kier molecular flexibility index (Phi) is 11.2. The highest BCUT2D eigenvalue weighted by atomic mass is 16.5. The number of likely N-dealkylation sites (N-methyl/N-ethyl adjacent to an activating group) is 2. The van der Waals surface area contributed by atoms with E-state index in [2.05, 4.69) is 33.3 Å². The Balaban J connectivity index is 1.83. The Morgan fingerprint density at radius 1 is 1.23 bits per heavy atom. The number of hydroxylamine groups is 1. The number of aliphatic hydroxyl groups excluding tert-OH is 1. The maximum absolute atomic E-state index is 11.6. The standard InChI is InChI=1S/C26H35N9O4/c1-27-15-21(26(37)32-38)16-29-18-33(3)8-9-34(4)24-22(28-2)25(35-10-12-39-13-11-35)31-23(30-24)20-7-5-6-19(14-20)17-36/h5-7,14-16,36,38H,1-2,8-13,17-18H2,3-4H3,(H,32,37)/b21-15+,29-16-. The highest BCUT2D eigenvalue weighted by molar-refractivity contribution is 6.11. The summed E-state index contributed by atoms with van der Waals surface area (Å²) in [5.74, 6) is 1.11. The molecule has 0 saturated carbocycles. The molecule has 1 saturated heterocycles. The summed E-state index contributed by atoms with van der Waals surface area (Å²) in [5, 5.41) is 18.5. The average Bonchev–Trinajstić information content (AvgIpc) is 2.98. The van der Waals surface area contributed by atoms with E-state index in [9.17, 15) is 9.90 Å². The van der Waals surface area contributed by atoms with Gasteiger partial charge < -0.3 is 19.6 Å². The molecule has 13 nitrogen and oxygen atoms in total. The molecule has 0 unspecified atom stereocenters. The van der Waals surface area contributed by atoms with Gasteiger partial charge in [0.15, 0.2) is 17.5 Å². The molecule has 0 atom stereocenters. The van der Waals surface area contributed by atoms with Crippen molar-refractivity contribution < 1.29 is 19.8 Å². The van der Waals surface area contributed by atoms with Crippen LogP contribution in [0.4, 0.5) is 17.3 Å². The predicted molar refractivity (Wildman–Crippen MR) is 152 cm³/mol. The van der Waals surface area contributed by atoms with Gasteiger partial charge in [0.1, 0.15) is 5.69 Å². The monoisotopic (exact) mass is 537 g/mol. The molecule has 2 aromatic rings. The molecule has 13 heteroatoms. The molecule has 0 spiro atoms. The number of aliphatic imine (C=N–C) groups is 3. The number of morpholine rings is 1. The fraction of sp³-hybridized carbons (Fsp3) is 0.385. The number of nitrogens with zero attached hydrogens (tertiary/aromatic N) is 8. The van der Waals surface area contributed by atoms with Gasteiger partial charge in [-0.25, -0.2) is 15.4 Å². The van der Waals surface area contributed by atoms with Crippen LogP contribution < -0.4 is 15.3 Å². The van der Waals surface area contributed by atoms with Gasteiger partial charge >= 0.3 is 0 Å². The van der Waals surface area contributed by atoms with Crippen LogP contribution in [0.2, 0.25) is 0 Å². The van der Waals surface area contributed by atoms with Crippen molar-refractivity contribution in [1.82, 2.24) is 20.3 Å². The first-order valence-electron chi connectivity index (χ1n) is 12.3. The lowest BCUT2D eigenvalue weighted by molar-refractivity contribution is -0.124. The van der Waals surface area contributed by atoms with Crippen LogP contribution in [0.5, 0.6) is 0 Å². The minimum atomic E-state index is -0.724. The third-order valence-electron chi connectivity index (χ3n) is 6.01. The fourth-order valence-corrected chi connectivity index (χ4v) is 3.86. The van der Waals surface area contributed by atoms with Gasteiger partial charge in [-0.05, 0) is 32.1 Å². The van der Waals surface area contributed by atoms with Crippen LogP contribution >= 0.6 is 0 Å². The zero-order valence-electron chi connectivity index (χ0n) is 22.3. The molecule has 1 aliphatic rings. The van der Waals surface area contributed by atoms with Crippen LogP contribution in [0, 0.1) is 0 Å². The third-order valence-corrected chi connectivity index (χ3v) is 6.01. The van der Waals surface area contributed by atoms with E-state index in [0.29, 0.717) is 69.2 Å². The van der Waals surface area contributed by atoms with E-state index in [1.807, 2.05) is 48.2 Å². The molecule has 3 N–H and O–H groups in total. The van der Waals surface area contributed by atoms with Crippen LogP contribution in [-0.2, 0) is 16.1 Å². The normalized spacial score (nSPS) is 14.1. The number of rotatable bonds is 13. The number of anilines is 2. The number of aromatic nitrogens is 2. The van der Waals surface area contributed by atoms with Crippen LogP contribution in [0.3, 0.4) is 0 Å². The van der Waals surface area contributed by atoms with Crippen LogP contribution in [0.1, 0.15) is 5.56 Å². The van der Waals surface area contributed by atoms with Crippen molar-refractivity contribution in [1.29, 1.82) is 0 Å². The second-order valence-electron chi connectivity index (χ2n) is 8.82. The summed E-state index contributed by atoms with van der Waals surface area (Å²) in [6.45, 7) is 11.1. The zero-order valence-corrected chi connectivity index (χ0v) is 22.3. The van der Waals surface area contributed by atoms with Crippen molar-refractivity contribution in [3.63, 3.8) is 0 Å². The lowest BCUT2D eigenvalue weighted by Crippen LogP contribution is -2.37. The number of nitrogens with one attached hydrogen (secondary N) is 1. The first-order valence-corrected chi connectivity index (χ1v) is 12.3. The van der Waals surface area contributed by atoms with Crippen molar-refractivity contribution in [2.75, 3.05) is 70.0 Å². The SMILES string of the molecule is C=N/C=C(\C=N/CN(C)CCN(C)c1nc(-c2cccc(CO)c2)nc(N2CCOCC2)c1N=C)C(=O)NO. The first-order chi connectivity index (χ1) is 18.9. The van der Waals surface area contributed by atoms with Gasteiger partial charge in [-0.3, -0.25) is 29.9 Å². The summed E-state index contributed by atoms with van der Waals surface area (Å²) in [7, 11) is 3.82. The van der Waals surface area contributed by atoms with Crippen molar-refractivity contribution in [2.24, 2.45) is 15.0 Å². The van der Waals surface area contributed by atoms with Gasteiger partial charge in [0.2, 0.25) is 0 Å². The lowest BCUT2D eigenvalue weighted by atomic mass is 10.1. The number of benzene rings is 1. The quantitative estimate of drug-likeness (QED) is 0.149. The molecule has 1 amide bonds. The minimum absolute atomic E-state index is 0.0779. The zero-order chi connectivity index (χ0) is 28.2. The second kappa shape index (κ2) is 14.8. The average molecular weight is 538 g/mol. The smallest absolute Gasteiger partial charge is 0.277 e. The molecule has 0 radical (unpaired) electrons. The fourth-order valence-electron chi connectivity index (χ4n) is 3.86. The number of hydrogen-bond acceptors (Lipinski definition) is 12. The Bertz CT molecular complexity index is 1210. The number of carbonyl (C=O) groups excluding carboxylic acids is 1. The maximum atomic E-state index is 11.6. The number of aliphatic hydroxyl groups is 1. The van der Waals surface area contributed by atoms with Crippen molar-refractivity contribution in [3.05, 3.63) is 41.6 Å². The number of carbonyl (C=O) groups is 1. The molecule has 1 aliphatic heterocycles. The summed E-state index contributed by atoms with van der Waals surface area (Å²) >= 11 is 0. The molecule has 2 heterocycles. The lowest BCUT2D eigenvalue weighted by Gasteiger charge is -2.31. The summed E-state index contributed by atoms with van der Waals surface area (Å²) in [6.07, 6.45) is 2.54. The van der Waals surface area contributed by atoms with Gasteiger partial charge in [0, 0.05) is 51.2 Å². The minimum Gasteiger partial charge on any atom is -0.392 e. The summed E-state index contributed by atoms with van der Waals surface area (Å²) < 4.78 is 5.53. The second-order valence-corrected chi connectivity index (χ2v) is 8.82. The highest BCUT2D eigenvalue weighted by Crippen LogP contribution is 2.37. The molecular formula is C26H35N9O4. The first kappa shape index (κ1) is 29.5. The number of hydrogen-bond donors (Lipinski definition) is 3. The van der Waals surface area contributed by atoms with Crippen LogP contribution in [0.15, 0.2) is 51.0 Å². The molecule has 0 bridgehead atoms. The van der Waals surface area contributed by atoms with E-state index in [1.54, 1.807) is 5.48 Å². The molecule has 1 aromatic heterocycles. The molecule has 39 heavy (non-hydrogen) atoms. The molecule has 208 valence electrons. The van der Waals surface area contributed by atoms with Gasteiger partial charge in [-0.1, -0.05) is 18.2 Å². The highest BCUT2D eigenvalue weighted by Gasteiger charge is 2.23. The van der Waals surface area contributed by atoms with E-state index in [0.717, 1.165) is 11.1 Å². The van der Waals surface area contributed by atoms with Crippen molar-refractivity contribution >= 4 is 42.9 Å². The molecule has 1 fully saturated rings. The van der Waals surface area contributed by atoms with Crippen LogP contribution in [-0.4, -0.2) is 111 Å². The molecule has 1 aromatic carbocycles. The van der Waals surface area contributed by atoms with Crippen molar-refractivity contribution in [3.8, 4) is 11.4 Å². The summed E-state index contributed by atoms with van der Waals surface area (Å²) in [4.78, 5) is 39.5. The van der Waals surface area contributed by atoms with Gasteiger partial charge in [0.25, 0.3) is 5.91 Å². The Morgan fingerprint density at radius 3 is 2.67 bits per heavy atom. The molecule has 0 aliphatic carbocycles. The Hall–Kier alpha value is -4.04. The van der Waals surface area contributed by atoms with E-state index >= 15 is 0 Å². The van der Waals surface area contributed by atoms with E-state index in [-0.39, 0.29) is 12.2 Å².